The van der Waals surface area contributed by atoms with E-state index in [-0.39, 0.29) is 11.8 Å². The number of benzene rings is 3. The first kappa shape index (κ1) is 23.9. The van der Waals surface area contributed by atoms with E-state index in [1.807, 2.05) is 42.5 Å². The topological polar surface area (TPSA) is 65.8 Å². The summed E-state index contributed by atoms with van der Waals surface area (Å²) in [5.41, 5.74) is 6.65. The molecule has 7 nitrogen and oxygen atoms in total. The van der Waals surface area contributed by atoms with Crippen LogP contribution in [-0.2, 0) is 4.79 Å². The van der Waals surface area contributed by atoms with Crippen LogP contribution in [0.1, 0.15) is 29.9 Å². The molecule has 0 saturated carbocycles. The number of hydrogen-bond acceptors (Lipinski definition) is 5. The number of fused-ring (bicyclic) bond motifs is 6. The molecule has 1 fully saturated rings. The number of aromatic nitrogens is 3. The van der Waals surface area contributed by atoms with Crippen LogP contribution >= 0.6 is 0 Å². The fourth-order valence-electron chi connectivity index (χ4n) is 6.13. The second-order valence-electron chi connectivity index (χ2n) is 10.5. The molecule has 0 radical (unpaired) electrons. The summed E-state index contributed by atoms with van der Waals surface area (Å²) in [6, 6.07) is 26.8. The monoisotopic (exact) mass is 516 g/mol. The number of amides is 1. The molecule has 7 heteroatoms. The summed E-state index contributed by atoms with van der Waals surface area (Å²) in [5, 5.41) is 3.21. The van der Waals surface area contributed by atoms with E-state index in [0.29, 0.717) is 6.54 Å². The molecule has 1 N–H and O–H groups in total. The molecular weight excluding hydrogens is 484 g/mol. The Balaban J connectivity index is 0.885. The Morgan fingerprint density at radius 2 is 1.49 bits per heavy atom. The fourth-order valence-corrected chi connectivity index (χ4v) is 6.13. The molecule has 2 aliphatic rings. The van der Waals surface area contributed by atoms with Gasteiger partial charge < -0.3 is 10.2 Å². The number of imidazole rings is 1. The van der Waals surface area contributed by atoms with Gasteiger partial charge in [-0.25, -0.2) is 4.98 Å². The molecular formula is C32H32N6O. The van der Waals surface area contributed by atoms with Crippen LogP contribution in [0.2, 0.25) is 0 Å². The van der Waals surface area contributed by atoms with Gasteiger partial charge in [-0.1, -0.05) is 60.7 Å². The third kappa shape index (κ3) is 4.42. The van der Waals surface area contributed by atoms with E-state index in [4.69, 9.17) is 4.98 Å². The average Bonchev–Trinajstić information content (AvgIpc) is 3.52. The summed E-state index contributed by atoms with van der Waals surface area (Å²) in [7, 11) is 0. The number of unbranched alkanes of at least 4 members (excludes halogenated alkanes) is 1. The van der Waals surface area contributed by atoms with Gasteiger partial charge >= 0.3 is 0 Å². The van der Waals surface area contributed by atoms with Gasteiger partial charge in [-0.2, -0.15) is 4.98 Å². The lowest BCUT2D eigenvalue weighted by molar-refractivity contribution is -0.121. The summed E-state index contributed by atoms with van der Waals surface area (Å²) >= 11 is 0. The molecule has 1 aliphatic heterocycles. The van der Waals surface area contributed by atoms with Gasteiger partial charge in [-0.3, -0.25) is 14.1 Å². The Hall–Kier alpha value is -4.23. The maximum Gasteiger partial charge on any atom is 0.236 e. The zero-order chi connectivity index (χ0) is 26.2. The van der Waals surface area contributed by atoms with Crippen molar-refractivity contribution in [2.75, 3.05) is 44.2 Å². The first-order valence-electron chi connectivity index (χ1n) is 13.9. The minimum atomic E-state index is -0.210. The lowest BCUT2D eigenvalue weighted by atomic mass is 9.96. The van der Waals surface area contributed by atoms with Gasteiger partial charge in [-0.15, -0.1) is 0 Å². The molecule has 1 saturated heterocycles. The largest absolute Gasteiger partial charge is 0.355 e. The van der Waals surface area contributed by atoms with Gasteiger partial charge in [0.2, 0.25) is 11.7 Å². The zero-order valence-corrected chi connectivity index (χ0v) is 22.0. The van der Waals surface area contributed by atoms with E-state index < -0.39 is 0 Å². The smallest absolute Gasteiger partial charge is 0.236 e. The second kappa shape index (κ2) is 10.2. The van der Waals surface area contributed by atoms with Crippen molar-refractivity contribution in [1.29, 1.82) is 0 Å². The molecule has 196 valence electrons. The molecule has 39 heavy (non-hydrogen) atoms. The van der Waals surface area contributed by atoms with Crippen molar-refractivity contribution in [3.05, 3.63) is 96.2 Å². The SMILES string of the molecule is O=C(NCCCCN1CCN(c2ccn3c(n2)nc2ccccc23)CC1)C1c2ccccc2-c2ccccc21. The highest BCUT2D eigenvalue weighted by Crippen LogP contribution is 2.44. The third-order valence-corrected chi connectivity index (χ3v) is 8.16. The van der Waals surface area contributed by atoms with Gasteiger partial charge in [0, 0.05) is 38.9 Å². The van der Waals surface area contributed by atoms with E-state index in [1.165, 1.54) is 11.1 Å². The van der Waals surface area contributed by atoms with Crippen molar-refractivity contribution in [1.82, 2.24) is 24.6 Å². The number of carbonyl (C=O) groups excluding carboxylic acids is 1. The van der Waals surface area contributed by atoms with Crippen LogP contribution in [0.5, 0.6) is 0 Å². The summed E-state index contributed by atoms with van der Waals surface area (Å²) in [6.45, 7) is 5.72. The van der Waals surface area contributed by atoms with Gasteiger partial charge in [0.15, 0.2) is 0 Å². The van der Waals surface area contributed by atoms with E-state index in [9.17, 15) is 4.79 Å². The van der Waals surface area contributed by atoms with Crippen molar-refractivity contribution in [2.24, 2.45) is 0 Å². The van der Waals surface area contributed by atoms with Gasteiger partial charge in [0.1, 0.15) is 5.82 Å². The predicted octanol–water partition coefficient (Wildman–Crippen LogP) is 4.71. The molecule has 3 heterocycles. The first-order valence-corrected chi connectivity index (χ1v) is 13.9. The fraction of sp³-hybridized carbons (Fsp3) is 0.281. The Labute approximate surface area is 228 Å². The molecule has 0 bridgehead atoms. The molecule has 0 unspecified atom stereocenters. The van der Waals surface area contributed by atoms with Gasteiger partial charge in [0.25, 0.3) is 0 Å². The van der Waals surface area contributed by atoms with E-state index in [2.05, 4.69) is 67.1 Å². The second-order valence-corrected chi connectivity index (χ2v) is 10.5. The lowest BCUT2D eigenvalue weighted by Gasteiger charge is -2.35. The average molecular weight is 517 g/mol. The van der Waals surface area contributed by atoms with E-state index in [1.54, 1.807) is 0 Å². The highest BCUT2D eigenvalue weighted by molar-refractivity contribution is 5.96. The third-order valence-electron chi connectivity index (χ3n) is 8.16. The molecule has 1 amide bonds. The van der Waals surface area contributed by atoms with Crippen molar-refractivity contribution in [2.45, 2.75) is 18.8 Å². The van der Waals surface area contributed by atoms with Crippen molar-refractivity contribution < 1.29 is 4.79 Å². The number of para-hydroxylation sites is 2. The van der Waals surface area contributed by atoms with Crippen molar-refractivity contribution in [3.63, 3.8) is 0 Å². The highest BCUT2D eigenvalue weighted by atomic mass is 16.1. The molecule has 2 aromatic heterocycles. The van der Waals surface area contributed by atoms with Crippen LogP contribution in [0.25, 0.3) is 27.9 Å². The Kier molecular flexibility index (Phi) is 6.21. The number of nitrogens with one attached hydrogen (secondary N) is 1. The van der Waals surface area contributed by atoms with Crippen molar-refractivity contribution >= 4 is 28.5 Å². The minimum Gasteiger partial charge on any atom is -0.355 e. The zero-order valence-electron chi connectivity index (χ0n) is 22.0. The normalized spacial score (nSPS) is 15.5. The van der Waals surface area contributed by atoms with E-state index >= 15 is 0 Å². The summed E-state index contributed by atoms with van der Waals surface area (Å²) in [6.07, 6.45) is 4.13. The molecule has 1 aliphatic carbocycles. The summed E-state index contributed by atoms with van der Waals surface area (Å²) in [5.74, 6) is 1.65. The molecule has 3 aromatic carbocycles. The summed E-state index contributed by atoms with van der Waals surface area (Å²) in [4.78, 5) is 27.6. The van der Waals surface area contributed by atoms with Crippen molar-refractivity contribution in [3.8, 4) is 11.1 Å². The highest BCUT2D eigenvalue weighted by Gasteiger charge is 2.33. The number of nitrogens with zero attached hydrogens (tertiary/aromatic N) is 5. The van der Waals surface area contributed by atoms with Gasteiger partial charge in [0.05, 0.1) is 17.0 Å². The summed E-state index contributed by atoms with van der Waals surface area (Å²) < 4.78 is 2.05. The number of rotatable bonds is 7. The number of piperazine rings is 1. The first-order chi connectivity index (χ1) is 19.3. The van der Waals surface area contributed by atoms with Crippen LogP contribution < -0.4 is 10.2 Å². The number of carbonyl (C=O) groups is 1. The van der Waals surface area contributed by atoms with E-state index in [0.717, 1.165) is 79.3 Å². The number of hydrogen-bond donors (Lipinski definition) is 1. The Morgan fingerprint density at radius 1 is 0.795 bits per heavy atom. The maximum absolute atomic E-state index is 13.2. The van der Waals surface area contributed by atoms with Crippen LogP contribution in [0.4, 0.5) is 5.82 Å². The predicted molar refractivity (Wildman–Crippen MR) is 155 cm³/mol. The Bertz CT molecular complexity index is 1610. The van der Waals surface area contributed by atoms with Crippen LogP contribution in [0.3, 0.4) is 0 Å². The van der Waals surface area contributed by atoms with Crippen LogP contribution in [0.15, 0.2) is 85.1 Å². The standard InChI is InChI=1S/C32H32N6O/c39-31(30-25-11-3-1-9-23(25)24-10-2-4-12-26(24)30)33-16-7-8-17-36-19-21-37(22-20-36)29-15-18-38-28-14-6-5-13-27(28)34-32(38)35-29/h1-6,9-15,18,30H,7-8,16-17,19-22H2,(H,33,39). The van der Waals surface area contributed by atoms with Crippen LogP contribution in [0, 0.1) is 0 Å². The van der Waals surface area contributed by atoms with Crippen LogP contribution in [-0.4, -0.2) is 64.4 Å². The number of anilines is 1. The molecule has 7 rings (SSSR count). The minimum absolute atomic E-state index is 0.107. The van der Waals surface area contributed by atoms with Gasteiger partial charge in [-0.05, 0) is 59.8 Å². The quantitative estimate of drug-likeness (QED) is 0.317. The molecule has 0 atom stereocenters. The maximum atomic E-state index is 13.2. The molecule has 5 aromatic rings. The molecule has 0 spiro atoms. The lowest BCUT2D eigenvalue weighted by Crippen LogP contribution is -2.47. The Morgan fingerprint density at radius 3 is 2.26 bits per heavy atom.